The van der Waals surface area contributed by atoms with Crippen LogP contribution in [0.1, 0.15) is 5.56 Å². The SMILES string of the molecule is C=C1/C=C\C=C/Oc2c1cccc2-c1ccc(Nc2ccc(Nc3ccccc3-c3ccccc3)cc2)cc1. The topological polar surface area (TPSA) is 33.3 Å². The summed E-state index contributed by atoms with van der Waals surface area (Å²) in [6.07, 6.45) is 7.52. The first-order valence-electron chi connectivity index (χ1n) is 13.0. The number of nitrogens with one attached hydrogen (secondary N) is 2. The molecule has 5 aromatic rings. The zero-order valence-corrected chi connectivity index (χ0v) is 21.5. The van der Waals surface area contributed by atoms with Crippen molar-refractivity contribution < 1.29 is 4.74 Å². The van der Waals surface area contributed by atoms with Crippen molar-refractivity contribution in [3.63, 3.8) is 0 Å². The number of hydrogen-bond donors (Lipinski definition) is 2. The molecule has 1 aliphatic heterocycles. The molecule has 188 valence electrons. The largest absolute Gasteiger partial charge is 0.464 e. The molecule has 0 unspecified atom stereocenters. The van der Waals surface area contributed by atoms with Gasteiger partial charge in [-0.1, -0.05) is 97.6 Å². The molecule has 0 radical (unpaired) electrons. The molecule has 0 atom stereocenters. The molecule has 1 heterocycles. The number of fused-ring (bicyclic) bond motifs is 1. The van der Waals surface area contributed by atoms with Gasteiger partial charge in [0.05, 0.1) is 6.26 Å². The summed E-state index contributed by atoms with van der Waals surface area (Å²) < 4.78 is 5.98. The summed E-state index contributed by atoms with van der Waals surface area (Å²) in [5.74, 6) is 0.820. The van der Waals surface area contributed by atoms with Gasteiger partial charge < -0.3 is 15.4 Å². The lowest BCUT2D eigenvalue weighted by Gasteiger charge is -2.16. The molecule has 1 aliphatic rings. The number of ether oxygens (including phenoxy) is 1. The Morgan fingerprint density at radius 2 is 1.08 bits per heavy atom. The van der Waals surface area contributed by atoms with Gasteiger partial charge in [0.2, 0.25) is 0 Å². The maximum absolute atomic E-state index is 5.98. The minimum absolute atomic E-state index is 0.820. The fourth-order valence-electron chi connectivity index (χ4n) is 4.71. The van der Waals surface area contributed by atoms with Crippen molar-refractivity contribution in [2.45, 2.75) is 0 Å². The average Bonchev–Trinajstić information content (AvgIpc) is 2.98. The number of allylic oxidation sites excluding steroid dienone is 4. The summed E-state index contributed by atoms with van der Waals surface area (Å²) in [5, 5.41) is 7.07. The van der Waals surface area contributed by atoms with Gasteiger partial charge in [0, 0.05) is 39.4 Å². The Balaban J connectivity index is 1.17. The number of anilines is 4. The highest BCUT2D eigenvalue weighted by molar-refractivity contribution is 5.85. The van der Waals surface area contributed by atoms with Gasteiger partial charge in [-0.2, -0.15) is 0 Å². The molecule has 3 nitrogen and oxygen atoms in total. The summed E-state index contributed by atoms with van der Waals surface area (Å²) in [6, 6.07) is 41.7. The molecule has 39 heavy (non-hydrogen) atoms. The van der Waals surface area contributed by atoms with Crippen LogP contribution in [0.25, 0.3) is 27.8 Å². The molecular formula is C36H28N2O. The lowest BCUT2D eigenvalue weighted by atomic mass is 9.97. The van der Waals surface area contributed by atoms with Crippen LogP contribution < -0.4 is 15.4 Å². The van der Waals surface area contributed by atoms with Crippen LogP contribution in [-0.2, 0) is 0 Å². The van der Waals surface area contributed by atoms with Gasteiger partial charge in [-0.3, -0.25) is 0 Å². The molecule has 0 amide bonds. The predicted molar refractivity (Wildman–Crippen MR) is 165 cm³/mol. The third-order valence-corrected chi connectivity index (χ3v) is 6.69. The van der Waals surface area contributed by atoms with Crippen LogP contribution in [0.3, 0.4) is 0 Å². The van der Waals surface area contributed by atoms with Gasteiger partial charge in [-0.05, 0) is 65.2 Å². The molecule has 0 saturated carbocycles. The second-order valence-electron chi connectivity index (χ2n) is 9.33. The molecule has 2 N–H and O–H groups in total. The second-order valence-corrected chi connectivity index (χ2v) is 9.33. The van der Waals surface area contributed by atoms with Gasteiger partial charge in [-0.25, -0.2) is 0 Å². The van der Waals surface area contributed by atoms with E-state index in [4.69, 9.17) is 4.74 Å². The number of para-hydroxylation sites is 2. The van der Waals surface area contributed by atoms with Crippen LogP contribution in [0.4, 0.5) is 22.7 Å². The Kier molecular flexibility index (Phi) is 6.79. The minimum atomic E-state index is 0.820. The van der Waals surface area contributed by atoms with Crippen LogP contribution in [0.15, 0.2) is 152 Å². The van der Waals surface area contributed by atoms with Crippen molar-refractivity contribution in [2.24, 2.45) is 0 Å². The lowest BCUT2D eigenvalue weighted by Crippen LogP contribution is -1.95. The number of rotatable bonds is 6. The fourth-order valence-corrected chi connectivity index (χ4v) is 4.71. The highest BCUT2D eigenvalue weighted by Crippen LogP contribution is 2.38. The van der Waals surface area contributed by atoms with Crippen LogP contribution in [-0.4, -0.2) is 0 Å². The standard InChI is InChI=1S/C36H28N2O/c1-26-10-7-8-25-39-36-32(26)14-9-15-34(36)28-17-19-29(20-18-28)37-30-21-23-31(24-22-30)38-35-16-6-5-13-33(35)27-11-3-2-4-12-27/h2-25,37-38H,1H2/b10-7-,25-8-. The maximum Gasteiger partial charge on any atom is 0.142 e. The molecule has 5 aromatic carbocycles. The Morgan fingerprint density at radius 3 is 1.85 bits per heavy atom. The van der Waals surface area contributed by atoms with Crippen molar-refractivity contribution in [1.82, 2.24) is 0 Å². The lowest BCUT2D eigenvalue weighted by molar-refractivity contribution is 0.481. The Labute approximate surface area is 229 Å². The minimum Gasteiger partial charge on any atom is -0.464 e. The smallest absolute Gasteiger partial charge is 0.142 e. The number of benzene rings is 5. The van der Waals surface area contributed by atoms with E-state index in [-0.39, 0.29) is 0 Å². The molecule has 0 saturated heterocycles. The molecule has 0 spiro atoms. The van der Waals surface area contributed by atoms with Crippen LogP contribution >= 0.6 is 0 Å². The average molecular weight is 505 g/mol. The summed E-state index contributed by atoms with van der Waals surface area (Å²) in [6.45, 7) is 4.19. The van der Waals surface area contributed by atoms with Gasteiger partial charge in [0.1, 0.15) is 5.75 Å². The molecule has 0 bridgehead atoms. The van der Waals surface area contributed by atoms with E-state index < -0.39 is 0 Å². The fraction of sp³-hybridized carbons (Fsp3) is 0. The van der Waals surface area contributed by atoms with Crippen molar-refractivity contribution in [1.29, 1.82) is 0 Å². The first kappa shape index (κ1) is 24.1. The highest BCUT2D eigenvalue weighted by atomic mass is 16.5. The molecule has 0 aliphatic carbocycles. The predicted octanol–water partition coefficient (Wildman–Crippen LogP) is 9.98. The van der Waals surface area contributed by atoms with Gasteiger partial charge in [0.25, 0.3) is 0 Å². The van der Waals surface area contributed by atoms with E-state index in [1.807, 2.05) is 36.4 Å². The van der Waals surface area contributed by atoms with Crippen molar-refractivity contribution >= 4 is 28.3 Å². The van der Waals surface area contributed by atoms with E-state index in [9.17, 15) is 0 Å². The zero-order chi connectivity index (χ0) is 26.4. The first-order valence-corrected chi connectivity index (χ1v) is 13.0. The van der Waals surface area contributed by atoms with Gasteiger partial charge in [0.15, 0.2) is 0 Å². The van der Waals surface area contributed by atoms with Crippen LogP contribution in [0.2, 0.25) is 0 Å². The summed E-state index contributed by atoms with van der Waals surface area (Å²) in [5.41, 5.74) is 10.5. The Hall–Kier alpha value is -5.28. The first-order chi connectivity index (χ1) is 19.2. The summed E-state index contributed by atoms with van der Waals surface area (Å²) in [4.78, 5) is 0. The van der Waals surface area contributed by atoms with Crippen molar-refractivity contribution in [3.8, 4) is 28.0 Å². The highest BCUT2D eigenvalue weighted by Gasteiger charge is 2.13. The Bertz CT molecular complexity index is 1660. The molecular weight excluding hydrogens is 476 g/mol. The summed E-state index contributed by atoms with van der Waals surface area (Å²) >= 11 is 0. The Morgan fingerprint density at radius 1 is 0.487 bits per heavy atom. The number of hydrogen-bond acceptors (Lipinski definition) is 3. The van der Waals surface area contributed by atoms with Crippen molar-refractivity contribution in [2.75, 3.05) is 10.6 Å². The van der Waals surface area contributed by atoms with E-state index in [0.29, 0.717) is 0 Å². The molecule has 0 aromatic heterocycles. The molecule has 3 heteroatoms. The third kappa shape index (κ3) is 5.39. The second kappa shape index (κ2) is 11.0. The van der Waals surface area contributed by atoms with Gasteiger partial charge >= 0.3 is 0 Å². The molecule has 6 rings (SSSR count). The van der Waals surface area contributed by atoms with E-state index in [1.54, 1.807) is 6.26 Å². The van der Waals surface area contributed by atoms with E-state index in [1.165, 1.54) is 11.1 Å². The summed E-state index contributed by atoms with van der Waals surface area (Å²) in [7, 11) is 0. The quantitative estimate of drug-likeness (QED) is 0.241. The maximum atomic E-state index is 5.98. The third-order valence-electron chi connectivity index (χ3n) is 6.69. The van der Waals surface area contributed by atoms with Crippen LogP contribution in [0.5, 0.6) is 5.75 Å². The normalized spacial score (nSPS) is 13.8. The van der Waals surface area contributed by atoms with E-state index >= 15 is 0 Å². The van der Waals surface area contributed by atoms with E-state index in [2.05, 4.69) is 120 Å². The van der Waals surface area contributed by atoms with Gasteiger partial charge in [-0.15, -0.1) is 0 Å². The van der Waals surface area contributed by atoms with Crippen molar-refractivity contribution in [3.05, 3.63) is 158 Å². The monoisotopic (exact) mass is 504 g/mol. The zero-order valence-electron chi connectivity index (χ0n) is 21.5. The van der Waals surface area contributed by atoms with Crippen LogP contribution in [0, 0.1) is 0 Å². The molecule has 0 fully saturated rings. The van der Waals surface area contributed by atoms with E-state index in [0.717, 1.165) is 50.8 Å².